The van der Waals surface area contributed by atoms with Gasteiger partial charge in [0.1, 0.15) is 11.0 Å². The highest BCUT2D eigenvalue weighted by molar-refractivity contribution is 8.15. The highest BCUT2D eigenvalue weighted by Crippen LogP contribution is 2.66. The van der Waals surface area contributed by atoms with Gasteiger partial charge in [0.05, 0.1) is 24.5 Å². The van der Waals surface area contributed by atoms with Gasteiger partial charge in [-0.1, -0.05) is 32.0 Å². The second kappa shape index (κ2) is 6.87. The second-order valence-corrected chi connectivity index (χ2v) is 12.1. The van der Waals surface area contributed by atoms with Crippen LogP contribution in [0.15, 0.2) is 46.4 Å². The van der Waals surface area contributed by atoms with E-state index < -0.39 is 6.42 Å². The van der Waals surface area contributed by atoms with Gasteiger partial charge in [0.2, 0.25) is 6.42 Å². The zero-order chi connectivity index (χ0) is 18.4. The van der Waals surface area contributed by atoms with Crippen molar-refractivity contribution in [2.45, 2.75) is 46.0 Å². The minimum atomic E-state index is -2.37. The lowest BCUT2D eigenvalue weighted by Gasteiger charge is -2.37. The maximum Gasteiger partial charge on any atom is 0.213 e. The summed E-state index contributed by atoms with van der Waals surface area (Å²) >= 11 is 6.22. The van der Waals surface area contributed by atoms with Crippen LogP contribution in [-0.2, 0) is 16.3 Å². The standard InChI is InChI=1S/C20H28N3OPS/c1-20(2)14-17-19(18(15-20)22-12-8-5-9-13-22)25(26,24-3)23(21-17)16-10-6-4-7-11-16/h4,6-7,10-11H,5,8-9,12-15H2,1-3H3/p+1/t25-/m0/s1. The number of hydrogen-bond acceptors (Lipinski definition) is 3. The fourth-order valence-electron chi connectivity index (χ4n) is 4.53. The molecule has 1 aromatic rings. The highest BCUT2D eigenvalue weighted by atomic mass is 32.4. The van der Waals surface area contributed by atoms with Gasteiger partial charge in [-0.25, -0.2) is 4.78 Å². The lowest BCUT2D eigenvalue weighted by atomic mass is 9.78. The summed E-state index contributed by atoms with van der Waals surface area (Å²) in [6.45, 7) is 7.15. The predicted molar refractivity (Wildman–Crippen MR) is 112 cm³/mol. The summed E-state index contributed by atoms with van der Waals surface area (Å²) in [5.74, 6) is 0. The number of nitrogens with zero attached hydrogens (tertiary/aromatic N) is 2. The van der Waals surface area contributed by atoms with Gasteiger partial charge in [-0.05, 0) is 55.0 Å². The molecule has 0 saturated carbocycles. The van der Waals surface area contributed by atoms with Crippen LogP contribution in [0, 0.1) is 5.41 Å². The summed E-state index contributed by atoms with van der Waals surface area (Å²) in [5.41, 5.74) is 3.92. The van der Waals surface area contributed by atoms with E-state index in [1.54, 1.807) is 12.0 Å². The first-order valence-electron chi connectivity index (χ1n) is 9.63. The molecular weight excluding hydrogens is 361 g/mol. The molecule has 2 aliphatic heterocycles. The number of para-hydroxylation sites is 1. The van der Waals surface area contributed by atoms with Crippen LogP contribution in [0.5, 0.6) is 0 Å². The average Bonchev–Trinajstić information content (AvgIpc) is 2.94. The average molecular weight is 391 g/mol. The molecule has 1 atom stereocenters. The van der Waals surface area contributed by atoms with Gasteiger partial charge in [0.25, 0.3) is 0 Å². The van der Waals surface area contributed by atoms with E-state index >= 15 is 0 Å². The van der Waals surface area contributed by atoms with Gasteiger partial charge < -0.3 is 9.42 Å². The Kier molecular flexibility index (Phi) is 4.85. The minimum absolute atomic E-state index is 0.225. The van der Waals surface area contributed by atoms with Crippen LogP contribution in [0.1, 0.15) is 46.0 Å². The third-order valence-corrected chi connectivity index (χ3v) is 9.59. The first kappa shape index (κ1) is 18.4. The number of piperidine rings is 1. The quantitative estimate of drug-likeness (QED) is 0.794. The van der Waals surface area contributed by atoms with Crippen molar-refractivity contribution in [1.29, 1.82) is 0 Å². The van der Waals surface area contributed by atoms with E-state index in [0.29, 0.717) is 0 Å². The molecule has 26 heavy (non-hydrogen) atoms. The number of benzene rings is 1. The number of anilines is 1. The van der Waals surface area contributed by atoms with E-state index in [1.165, 1.54) is 49.1 Å². The lowest BCUT2D eigenvalue weighted by Crippen LogP contribution is -3.11. The number of hydrazone groups is 1. The Balaban J connectivity index is 1.86. The Morgan fingerprint density at radius 3 is 2.46 bits per heavy atom. The minimum Gasteiger partial charge on any atom is -0.333 e. The molecule has 1 fully saturated rings. The third-order valence-electron chi connectivity index (χ3n) is 5.73. The summed E-state index contributed by atoms with van der Waals surface area (Å²) in [7, 11) is 1.77. The zero-order valence-electron chi connectivity index (χ0n) is 16.0. The largest absolute Gasteiger partial charge is 0.333 e. The second-order valence-electron chi connectivity index (χ2n) is 8.38. The van der Waals surface area contributed by atoms with Gasteiger partial charge in [0, 0.05) is 13.5 Å². The molecule has 0 aromatic heterocycles. The van der Waals surface area contributed by atoms with Crippen molar-refractivity contribution in [1.82, 2.24) is 0 Å². The Morgan fingerprint density at radius 2 is 1.81 bits per heavy atom. The van der Waals surface area contributed by atoms with Crippen LogP contribution in [0.4, 0.5) is 5.69 Å². The first-order valence-corrected chi connectivity index (χ1v) is 12.3. The number of rotatable bonds is 3. The molecule has 0 bridgehead atoms. The van der Waals surface area contributed by atoms with Gasteiger partial charge in [-0.2, -0.15) is 5.10 Å². The first-order chi connectivity index (χ1) is 12.4. The molecule has 0 amide bonds. The normalized spacial score (nSPS) is 28.9. The predicted octanol–water partition coefficient (Wildman–Crippen LogP) is 3.92. The molecular formula is C20H29N3OPS+. The molecule has 4 nitrogen and oxygen atoms in total. The van der Waals surface area contributed by atoms with E-state index in [4.69, 9.17) is 21.4 Å². The van der Waals surface area contributed by atoms with E-state index in [0.717, 1.165) is 18.5 Å². The Labute approximate surface area is 162 Å². The van der Waals surface area contributed by atoms with Crippen molar-refractivity contribution in [2.24, 2.45) is 10.5 Å². The monoisotopic (exact) mass is 390 g/mol. The summed E-state index contributed by atoms with van der Waals surface area (Å²) in [6.07, 6.45) is 3.66. The van der Waals surface area contributed by atoms with Crippen molar-refractivity contribution in [3.63, 3.8) is 0 Å². The fourth-order valence-corrected chi connectivity index (χ4v) is 7.79. The number of allylic oxidation sites excluding steroid dienone is 2. The number of nitrogens with one attached hydrogen (secondary N) is 1. The number of quaternary nitrogens is 1. The summed E-state index contributed by atoms with van der Waals surface area (Å²) in [4.78, 5) is 1.62. The van der Waals surface area contributed by atoms with Crippen molar-refractivity contribution >= 4 is 29.6 Å². The number of fused-ring (bicyclic) bond motifs is 1. The highest BCUT2D eigenvalue weighted by Gasteiger charge is 2.49. The lowest BCUT2D eigenvalue weighted by molar-refractivity contribution is -0.868. The Bertz CT molecular complexity index is 797. The van der Waals surface area contributed by atoms with Crippen LogP contribution in [0.3, 0.4) is 0 Å². The van der Waals surface area contributed by atoms with E-state index in [9.17, 15) is 0 Å². The summed E-state index contributed by atoms with van der Waals surface area (Å²) < 4.78 is 8.12. The Morgan fingerprint density at radius 1 is 1.12 bits per heavy atom. The van der Waals surface area contributed by atoms with E-state index in [-0.39, 0.29) is 5.41 Å². The van der Waals surface area contributed by atoms with Gasteiger partial charge in [0.15, 0.2) is 0 Å². The van der Waals surface area contributed by atoms with Crippen molar-refractivity contribution in [2.75, 3.05) is 25.0 Å². The maximum atomic E-state index is 6.22. The molecule has 0 spiro atoms. The van der Waals surface area contributed by atoms with E-state index in [2.05, 4.69) is 26.0 Å². The van der Waals surface area contributed by atoms with Crippen LogP contribution in [-0.4, -0.2) is 25.9 Å². The summed E-state index contributed by atoms with van der Waals surface area (Å²) in [6, 6.07) is 10.3. The topological polar surface area (TPSA) is 29.3 Å². The third kappa shape index (κ3) is 3.09. The molecule has 3 aliphatic rings. The zero-order valence-corrected chi connectivity index (χ0v) is 17.7. The van der Waals surface area contributed by atoms with Crippen LogP contribution < -0.4 is 9.68 Å². The summed E-state index contributed by atoms with van der Waals surface area (Å²) in [5, 5.41) is 6.32. The van der Waals surface area contributed by atoms with Gasteiger partial charge in [-0.3, -0.25) is 0 Å². The van der Waals surface area contributed by atoms with Crippen LogP contribution in [0.2, 0.25) is 0 Å². The molecule has 140 valence electrons. The van der Waals surface area contributed by atoms with Crippen molar-refractivity contribution < 1.29 is 9.42 Å². The van der Waals surface area contributed by atoms with Gasteiger partial charge >= 0.3 is 0 Å². The molecule has 1 aromatic carbocycles. The molecule has 1 N–H and O–H groups in total. The van der Waals surface area contributed by atoms with Crippen molar-refractivity contribution in [3.05, 3.63) is 41.3 Å². The van der Waals surface area contributed by atoms with Crippen molar-refractivity contribution in [3.8, 4) is 0 Å². The Hall–Kier alpha value is -1.00. The molecule has 4 rings (SSSR count). The molecule has 0 unspecified atom stereocenters. The molecule has 1 aliphatic carbocycles. The van der Waals surface area contributed by atoms with E-state index in [1.807, 2.05) is 23.0 Å². The SMILES string of the molecule is CO[P@]1(=S)C2=C([NH+]3CCCCC3)CC(C)(C)CC2=NN1c1ccccc1. The van der Waals surface area contributed by atoms with Crippen LogP contribution in [0.25, 0.3) is 0 Å². The van der Waals surface area contributed by atoms with Crippen LogP contribution >= 0.6 is 6.42 Å². The fraction of sp³-hybridized carbons (Fsp3) is 0.550. The number of likely N-dealkylation sites (tertiary alicyclic amines) is 1. The molecule has 0 radical (unpaired) electrons. The molecule has 6 heteroatoms. The number of hydrogen-bond donors (Lipinski definition) is 1. The maximum absolute atomic E-state index is 6.22. The molecule has 1 saturated heterocycles. The smallest absolute Gasteiger partial charge is 0.213 e. The van der Waals surface area contributed by atoms with Gasteiger partial charge in [-0.15, -0.1) is 0 Å². The molecule has 2 heterocycles.